The lowest BCUT2D eigenvalue weighted by Gasteiger charge is -2.41. The summed E-state index contributed by atoms with van der Waals surface area (Å²) in [5.74, 6) is 0.0757. The van der Waals surface area contributed by atoms with Gasteiger partial charge < -0.3 is 30.3 Å². The van der Waals surface area contributed by atoms with Crippen LogP contribution in [-0.2, 0) is 4.79 Å². The second-order valence-corrected chi connectivity index (χ2v) is 7.57. The molecule has 0 aliphatic carbocycles. The average Bonchev–Trinajstić information content (AvgIpc) is 3.07. The summed E-state index contributed by atoms with van der Waals surface area (Å²) in [7, 11) is 0. The maximum atomic E-state index is 13.7. The van der Waals surface area contributed by atoms with Gasteiger partial charge in [-0.15, -0.1) is 0 Å². The number of amides is 1. The van der Waals surface area contributed by atoms with E-state index in [1.54, 1.807) is 24.3 Å². The Bertz CT molecular complexity index is 929. The molecule has 1 fully saturated rings. The number of hydrogen-bond acceptors (Lipinski definition) is 6. The van der Waals surface area contributed by atoms with Crippen molar-refractivity contribution in [2.45, 2.75) is 19.4 Å². The zero-order valence-electron chi connectivity index (χ0n) is 15.9. The van der Waals surface area contributed by atoms with Gasteiger partial charge in [-0.05, 0) is 37.3 Å². The number of aliphatic hydroxyl groups is 1. The molecule has 1 saturated heterocycles. The third-order valence-electron chi connectivity index (χ3n) is 5.16. The van der Waals surface area contributed by atoms with Gasteiger partial charge in [-0.2, -0.15) is 0 Å². The molecule has 2 aliphatic rings. The van der Waals surface area contributed by atoms with E-state index >= 15 is 0 Å². The average molecular weight is 421 g/mol. The molecule has 0 aromatic heterocycles. The summed E-state index contributed by atoms with van der Waals surface area (Å²) in [5.41, 5.74) is 2.20. The van der Waals surface area contributed by atoms with Gasteiger partial charge in [-0.25, -0.2) is 4.39 Å². The zero-order valence-corrected chi connectivity index (χ0v) is 16.6. The molecule has 9 heteroatoms. The van der Waals surface area contributed by atoms with Gasteiger partial charge in [0, 0.05) is 43.1 Å². The summed E-state index contributed by atoms with van der Waals surface area (Å²) in [4.78, 5) is 16.6. The first-order valence-electron chi connectivity index (χ1n) is 9.39. The molecule has 29 heavy (non-hydrogen) atoms. The first-order chi connectivity index (χ1) is 13.9. The maximum Gasteiger partial charge on any atom is 0.279 e. The second kappa shape index (κ2) is 7.96. The lowest BCUT2D eigenvalue weighted by molar-refractivity contribution is -0.131. The van der Waals surface area contributed by atoms with Crippen molar-refractivity contribution < 1.29 is 19.0 Å². The fourth-order valence-corrected chi connectivity index (χ4v) is 3.77. The minimum Gasteiger partial charge on any atom is -0.445 e. The number of rotatable bonds is 4. The van der Waals surface area contributed by atoms with Crippen LogP contribution in [0.25, 0.3) is 0 Å². The molecule has 0 bridgehead atoms. The number of nitrogens with one attached hydrogen (secondary N) is 2. The van der Waals surface area contributed by atoms with Crippen LogP contribution in [0.1, 0.15) is 6.92 Å². The number of carbonyl (C=O) groups is 1. The molecule has 2 atom stereocenters. The van der Waals surface area contributed by atoms with Crippen LogP contribution < -0.4 is 20.3 Å². The molecule has 0 spiro atoms. The van der Waals surface area contributed by atoms with Crippen molar-refractivity contribution in [1.82, 2.24) is 4.90 Å². The van der Waals surface area contributed by atoms with E-state index in [2.05, 4.69) is 15.5 Å². The van der Waals surface area contributed by atoms with E-state index in [1.807, 2.05) is 17.9 Å². The van der Waals surface area contributed by atoms with Gasteiger partial charge >= 0.3 is 0 Å². The fraction of sp³-hybridized carbons (Fsp3) is 0.350. The summed E-state index contributed by atoms with van der Waals surface area (Å²) in [6.07, 6.45) is -1.05. The molecule has 2 heterocycles. The number of halogens is 2. The SMILES string of the molecule is C[C@@H]1CN(c2ccc(Cl)c(F)c2)CCN1C(=O)CNc1ccc2c(c1)OC(O)N2. The molecule has 0 radical (unpaired) electrons. The summed E-state index contributed by atoms with van der Waals surface area (Å²) in [6, 6.07) is 10.1. The smallest absolute Gasteiger partial charge is 0.279 e. The summed E-state index contributed by atoms with van der Waals surface area (Å²) in [6.45, 7) is 3.91. The van der Waals surface area contributed by atoms with Crippen molar-refractivity contribution in [2.24, 2.45) is 0 Å². The van der Waals surface area contributed by atoms with Crippen molar-refractivity contribution in [1.29, 1.82) is 0 Å². The zero-order chi connectivity index (χ0) is 20.5. The first-order valence-corrected chi connectivity index (χ1v) is 9.77. The van der Waals surface area contributed by atoms with Crippen molar-refractivity contribution in [3.05, 3.63) is 47.2 Å². The molecule has 7 nitrogen and oxygen atoms in total. The second-order valence-electron chi connectivity index (χ2n) is 7.16. The molecule has 2 aromatic carbocycles. The Morgan fingerprint density at radius 2 is 2.17 bits per heavy atom. The number of ether oxygens (including phenoxy) is 1. The van der Waals surface area contributed by atoms with Gasteiger partial charge in [0.05, 0.1) is 17.3 Å². The third-order valence-corrected chi connectivity index (χ3v) is 5.47. The van der Waals surface area contributed by atoms with E-state index < -0.39 is 12.2 Å². The van der Waals surface area contributed by atoms with Gasteiger partial charge in [0.2, 0.25) is 5.91 Å². The number of carbonyl (C=O) groups excluding carboxylic acids is 1. The Balaban J connectivity index is 1.33. The highest BCUT2D eigenvalue weighted by Crippen LogP contribution is 2.33. The number of nitrogens with zero attached hydrogens (tertiary/aromatic N) is 2. The van der Waals surface area contributed by atoms with Crippen LogP contribution in [0.2, 0.25) is 5.02 Å². The number of benzene rings is 2. The van der Waals surface area contributed by atoms with Gasteiger partial charge in [-0.1, -0.05) is 11.6 Å². The third kappa shape index (κ3) is 4.18. The number of piperazine rings is 1. The normalized spacial score (nSPS) is 20.7. The summed E-state index contributed by atoms with van der Waals surface area (Å²) in [5, 5.41) is 15.4. The molecule has 0 saturated carbocycles. The van der Waals surface area contributed by atoms with E-state index in [9.17, 15) is 14.3 Å². The van der Waals surface area contributed by atoms with E-state index in [0.717, 1.165) is 11.4 Å². The van der Waals surface area contributed by atoms with Crippen LogP contribution in [0.4, 0.5) is 21.5 Å². The Morgan fingerprint density at radius 1 is 1.34 bits per heavy atom. The molecular formula is C20H22ClFN4O3. The highest BCUT2D eigenvalue weighted by molar-refractivity contribution is 6.30. The molecule has 2 aromatic rings. The summed E-state index contributed by atoms with van der Waals surface area (Å²) >= 11 is 5.76. The van der Waals surface area contributed by atoms with E-state index in [0.29, 0.717) is 31.1 Å². The molecule has 3 N–H and O–H groups in total. The Kier molecular flexibility index (Phi) is 5.38. The molecular weight excluding hydrogens is 399 g/mol. The monoisotopic (exact) mass is 420 g/mol. The molecule has 1 unspecified atom stereocenters. The Morgan fingerprint density at radius 3 is 2.93 bits per heavy atom. The van der Waals surface area contributed by atoms with Crippen LogP contribution in [0, 0.1) is 5.82 Å². The fourth-order valence-electron chi connectivity index (χ4n) is 3.66. The van der Waals surface area contributed by atoms with Crippen molar-refractivity contribution in [3.63, 3.8) is 0 Å². The molecule has 2 aliphatic heterocycles. The summed E-state index contributed by atoms with van der Waals surface area (Å²) < 4.78 is 19.0. The predicted molar refractivity (Wildman–Crippen MR) is 110 cm³/mol. The quantitative estimate of drug-likeness (QED) is 0.706. The van der Waals surface area contributed by atoms with Crippen LogP contribution >= 0.6 is 11.6 Å². The molecule has 154 valence electrons. The van der Waals surface area contributed by atoms with Crippen LogP contribution in [-0.4, -0.2) is 54.5 Å². The largest absolute Gasteiger partial charge is 0.445 e. The Hall–Kier alpha value is -2.71. The van der Waals surface area contributed by atoms with Crippen molar-refractivity contribution in [2.75, 3.05) is 41.7 Å². The first kappa shape index (κ1) is 19.6. The lowest BCUT2D eigenvalue weighted by Crippen LogP contribution is -2.55. The van der Waals surface area contributed by atoms with Gasteiger partial charge in [-0.3, -0.25) is 4.79 Å². The topological polar surface area (TPSA) is 77.1 Å². The van der Waals surface area contributed by atoms with E-state index in [4.69, 9.17) is 16.3 Å². The van der Waals surface area contributed by atoms with Crippen LogP contribution in [0.3, 0.4) is 0 Å². The highest BCUT2D eigenvalue weighted by atomic mass is 35.5. The number of aliphatic hydroxyl groups excluding tert-OH is 1. The minimum atomic E-state index is -1.05. The van der Waals surface area contributed by atoms with E-state index in [-0.39, 0.29) is 23.5 Å². The molecule has 4 rings (SSSR count). The molecule has 1 amide bonds. The number of fused-ring (bicyclic) bond motifs is 1. The number of anilines is 3. The van der Waals surface area contributed by atoms with E-state index in [1.165, 1.54) is 6.07 Å². The van der Waals surface area contributed by atoms with Crippen LogP contribution in [0.15, 0.2) is 36.4 Å². The highest BCUT2D eigenvalue weighted by Gasteiger charge is 2.28. The Labute approximate surface area is 173 Å². The number of hydrogen-bond donors (Lipinski definition) is 3. The van der Waals surface area contributed by atoms with Crippen molar-refractivity contribution >= 4 is 34.6 Å². The van der Waals surface area contributed by atoms with Gasteiger partial charge in [0.15, 0.2) is 0 Å². The minimum absolute atomic E-state index is 0.0144. The lowest BCUT2D eigenvalue weighted by atomic mass is 10.1. The van der Waals surface area contributed by atoms with Crippen molar-refractivity contribution in [3.8, 4) is 5.75 Å². The maximum absolute atomic E-state index is 13.7. The predicted octanol–water partition coefficient (Wildman–Crippen LogP) is 2.71. The van der Waals surface area contributed by atoms with Crippen LogP contribution in [0.5, 0.6) is 5.75 Å². The standard InChI is InChI=1S/C20H22ClFN4O3/c1-12-11-25(14-3-4-15(21)16(22)9-14)6-7-26(12)19(27)10-23-13-2-5-17-18(8-13)29-20(28)24-17/h2-5,8-9,12,20,23-24,28H,6-7,10-11H2,1H3/t12-,20?/m1/s1. The van der Waals surface area contributed by atoms with Gasteiger partial charge in [0.25, 0.3) is 6.41 Å². The van der Waals surface area contributed by atoms with Gasteiger partial charge in [0.1, 0.15) is 11.6 Å².